The van der Waals surface area contributed by atoms with E-state index >= 15 is 0 Å². The first-order valence-corrected chi connectivity index (χ1v) is 11.4. The first kappa shape index (κ1) is 23.7. The Bertz CT molecular complexity index is 1050. The monoisotopic (exact) mass is 465 g/mol. The molecule has 172 valence electrons. The Morgan fingerprint density at radius 2 is 2.00 bits per heavy atom. The van der Waals surface area contributed by atoms with Gasteiger partial charge in [0.05, 0.1) is 17.1 Å². The van der Waals surface area contributed by atoms with Gasteiger partial charge in [0.2, 0.25) is 0 Å². The number of halogens is 3. The number of nitrogens with two attached hydrogens (primary N) is 2. The molecule has 0 fully saturated rings. The Hall–Kier alpha value is -2.94. The summed E-state index contributed by atoms with van der Waals surface area (Å²) < 4.78 is 60.7. The van der Waals surface area contributed by atoms with E-state index in [1.165, 1.54) is 24.4 Å². The van der Waals surface area contributed by atoms with Crippen molar-refractivity contribution in [3.05, 3.63) is 82.8 Å². The van der Waals surface area contributed by atoms with Crippen molar-refractivity contribution in [3.8, 4) is 5.75 Å². The quantitative estimate of drug-likeness (QED) is 0.527. The molecule has 0 bridgehead atoms. The Balaban J connectivity index is 1.93. The molecule has 1 aliphatic rings. The molecular formula is C23H26F3N3O2S. The minimum Gasteiger partial charge on any atom is -0.493 e. The summed E-state index contributed by atoms with van der Waals surface area (Å²) in [6.07, 6.45) is 1.87. The minimum atomic E-state index is -4.38. The van der Waals surface area contributed by atoms with Gasteiger partial charge in [-0.2, -0.15) is 13.2 Å². The van der Waals surface area contributed by atoms with Gasteiger partial charge in [-0.05, 0) is 66.6 Å². The van der Waals surface area contributed by atoms with Crippen molar-refractivity contribution in [2.75, 3.05) is 6.61 Å². The fourth-order valence-electron chi connectivity index (χ4n) is 3.78. The van der Waals surface area contributed by atoms with Gasteiger partial charge in [0, 0.05) is 11.5 Å². The highest BCUT2D eigenvalue weighted by Gasteiger charge is 2.32. The number of hydrogen-bond donors (Lipinski definition) is 3. The molecule has 2 aromatic carbocycles. The second kappa shape index (κ2) is 10.1. The maximum atomic E-state index is 13.2. The van der Waals surface area contributed by atoms with Crippen LogP contribution in [0.15, 0.2) is 65.5 Å². The predicted octanol–water partition coefficient (Wildman–Crippen LogP) is 4.46. The summed E-state index contributed by atoms with van der Waals surface area (Å²) in [5, 5.41) is 0. The summed E-state index contributed by atoms with van der Waals surface area (Å²) in [6, 6.07) is 9.19. The number of allylic oxidation sites excluding steroid dienone is 2. The molecule has 0 amide bonds. The van der Waals surface area contributed by atoms with Gasteiger partial charge in [0.15, 0.2) is 11.0 Å². The minimum absolute atomic E-state index is 0.0994. The highest BCUT2D eigenvalue weighted by molar-refractivity contribution is 7.83. The van der Waals surface area contributed by atoms with E-state index < -0.39 is 22.7 Å². The summed E-state index contributed by atoms with van der Waals surface area (Å²) >= 11 is 0. The zero-order valence-electron chi connectivity index (χ0n) is 17.6. The highest BCUT2D eigenvalue weighted by atomic mass is 32.2. The number of aryl methyl sites for hydroxylation is 1. The molecule has 1 heterocycles. The van der Waals surface area contributed by atoms with Crippen LogP contribution in [0.5, 0.6) is 5.75 Å². The van der Waals surface area contributed by atoms with Crippen LogP contribution < -0.4 is 20.9 Å². The fraction of sp³-hybridized carbons (Fsp3) is 0.304. The molecular weight excluding hydrogens is 439 g/mol. The van der Waals surface area contributed by atoms with E-state index in [-0.39, 0.29) is 11.7 Å². The van der Waals surface area contributed by atoms with Crippen molar-refractivity contribution in [2.45, 2.75) is 43.2 Å². The summed E-state index contributed by atoms with van der Waals surface area (Å²) in [4.78, 5) is 0.471. The van der Waals surface area contributed by atoms with Crippen molar-refractivity contribution in [1.29, 1.82) is 0 Å². The van der Waals surface area contributed by atoms with Crippen LogP contribution >= 0.6 is 0 Å². The smallest absolute Gasteiger partial charge is 0.416 e. The zero-order valence-corrected chi connectivity index (χ0v) is 18.4. The molecule has 5 N–H and O–H groups in total. The first-order chi connectivity index (χ1) is 15.2. The molecule has 0 spiro atoms. The lowest BCUT2D eigenvalue weighted by molar-refractivity contribution is -0.137. The van der Waals surface area contributed by atoms with Gasteiger partial charge in [0.1, 0.15) is 11.6 Å². The molecule has 32 heavy (non-hydrogen) atoms. The average Bonchev–Trinajstić information content (AvgIpc) is 2.76. The number of benzene rings is 2. The second-order valence-electron chi connectivity index (χ2n) is 7.43. The SMILES string of the molecule is CCCc1cc(C(F)(F)F)ccc1C1CCOc2cc(S(=O)N/C(N)=C/C=C\N)ccc21. The third-order valence-corrected chi connectivity index (χ3v) is 6.30. The van der Waals surface area contributed by atoms with Gasteiger partial charge in [-0.25, -0.2) is 4.21 Å². The van der Waals surface area contributed by atoms with Crippen LogP contribution in [0.3, 0.4) is 0 Å². The summed E-state index contributed by atoms with van der Waals surface area (Å²) in [7, 11) is -1.61. The van der Waals surface area contributed by atoms with Crippen LogP contribution in [0.2, 0.25) is 0 Å². The number of rotatable bonds is 7. The molecule has 0 aliphatic carbocycles. The summed E-state index contributed by atoms with van der Waals surface area (Å²) in [5.41, 5.74) is 12.8. The standard InChI is InChI=1S/C23H26F3N3O2S/c1-2-4-15-13-16(23(24,25)26)6-8-18(15)19-10-12-31-21-14-17(7-9-20(19)21)32(30)29-22(28)5-3-11-27/h3,5-9,11,13-14,19,29H,2,4,10,12,27-28H2,1H3/b11-3-,22-5+. The molecule has 0 radical (unpaired) electrons. The third kappa shape index (κ3) is 5.45. The Kier molecular flexibility index (Phi) is 7.50. The van der Waals surface area contributed by atoms with E-state index in [1.54, 1.807) is 18.2 Å². The van der Waals surface area contributed by atoms with Gasteiger partial charge >= 0.3 is 6.18 Å². The van der Waals surface area contributed by atoms with Crippen molar-refractivity contribution >= 4 is 11.0 Å². The lowest BCUT2D eigenvalue weighted by Crippen LogP contribution is -2.23. The van der Waals surface area contributed by atoms with Crippen LogP contribution in [0, 0.1) is 0 Å². The van der Waals surface area contributed by atoms with Crippen molar-refractivity contribution in [2.24, 2.45) is 11.5 Å². The molecule has 2 unspecified atom stereocenters. The number of hydrogen-bond acceptors (Lipinski definition) is 4. The Morgan fingerprint density at radius 3 is 2.69 bits per heavy atom. The molecule has 0 saturated heterocycles. The van der Waals surface area contributed by atoms with E-state index in [0.717, 1.165) is 23.6 Å². The molecule has 2 atom stereocenters. The summed E-state index contributed by atoms with van der Waals surface area (Å²) in [5.74, 6) is 0.661. The van der Waals surface area contributed by atoms with Crippen LogP contribution in [0.4, 0.5) is 13.2 Å². The predicted molar refractivity (Wildman–Crippen MR) is 119 cm³/mol. The molecule has 3 rings (SSSR count). The largest absolute Gasteiger partial charge is 0.493 e. The molecule has 1 aliphatic heterocycles. The van der Waals surface area contributed by atoms with Gasteiger partial charge in [-0.1, -0.05) is 25.5 Å². The van der Waals surface area contributed by atoms with Crippen molar-refractivity contribution in [1.82, 2.24) is 4.72 Å². The molecule has 5 nitrogen and oxygen atoms in total. The maximum Gasteiger partial charge on any atom is 0.416 e. The van der Waals surface area contributed by atoms with Crippen LogP contribution in [0.1, 0.15) is 47.9 Å². The van der Waals surface area contributed by atoms with Gasteiger partial charge in [0.25, 0.3) is 0 Å². The number of fused-ring (bicyclic) bond motifs is 1. The van der Waals surface area contributed by atoms with E-state index in [0.29, 0.717) is 35.7 Å². The first-order valence-electron chi connectivity index (χ1n) is 10.2. The topological polar surface area (TPSA) is 90.4 Å². The van der Waals surface area contributed by atoms with E-state index in [1.807, 2.05) is 13.0 Å². The van der Waals surface area contributed by atoms with Crippen molar-refractivity contribution < 1.29 is 22.1 Å². The van der Waals surface area contributed by atoms with E-state index in [9.17, 15) is 17.4 Å². The summed E-state index contributed by atoms with van der Waals surface area (Å²) in [6.45, 7) is 2.36. The van der Waals surface area contributed by atoms with E-state index in [4.69, 9.17) is 16.2 Å². The Morgan fingerprint density at radius 1 is 1.25 bits per heavy atom. The van der Waals surface area contributed by atoms with Crippen LogP contribution in [0.25, 0.3) is 0 Å². The maximum absolute atomic E-state index is 13.2. The van der Waals surface area contributed by atoms with Gasteiger partial charge in [-0.15, -0.1) is 0 Å². The average molecular weight is 466 g/mol. The number of nitrogens with one attached hydrogen (secondary N) is 1. The highest BCUT2D eigenvalue weighted by Crippen LogP contribution is 2.42. The van der Waals surface area contributed by atoms with Crippen LogP contribution in [-0.4, -0.2) is 10.8 Å². The van der Waals surface area contributed by atoms with Gasteiger partial charge in [-0.3, -0.25) is 4.72 Å². The van der Waals surface area contributed by atoms with Crippen LogP contribution in [-0.2, 0) is 23.6 Å². The van der Waals surface area contributed by atoms with E-state index in [2.05, 4.69) is 4.72 Å². The molecule has 2 aromatic rings. The third-order valence-electron chi connectivity index (χ3n) is 5.20. The lowest BCUT2D eigenvalue weighted by Gasteiger charge is -2.28. The Labute approximate surface area is 187 Å². The molecule has 0 saturated carbocycles. The molecule has 9 heteroatoms. The number of alkyl halides is 3. The lowest BCUT2D eigenvalue weighted by atomic mass is 9.82. The van der Waals surface area contributed by atoms with Crippen molar-refractivity contribution in [3.63, 3.8) is 0 Å². The normalized spacial score (nSPS) is 17.6. The molecule has 0 aromatic heterocycles. The number of ether oxygens (including phenoxy) is 1. The second-order valence-corrected chi connectivity index (χ2v) is 8.64. The fourth-order valence-corrected chi connectivity index (χ4v) is 4.58. The van der Waals surface area contributed by atoms with Gasteiger partial charge < -0.3 is 16.2 Å². The zero-order chi connectivity index (χ0) is 23.3.